The van der Waals surface area contributed by atoms with E-state index in [2.05, 4.69) is 0 Å². The molecular formula is C20H27NO6. The molecule has 2 aliphatic rings. The third-order valence-corrected chi connectivity index (χ3v) is 5.02. The molecular weight excluding hydrogens is 350 g/mol. The van der Waals surface area contributed by atoms with Crippen molar-refractivity contribution in [1.82, 2.24) is 4.90 Å². The molecule has 0 bridgehead atoms. The summed E-state index contributed by atoms with van der Waals surface area (Å²) < 4.78 is 16.6. The first kappa shape index (κ1) is 19.6. The second-order valence-corrected chi connectivity index (χ2v) is 6.96. The molecule has 1 atom stereocenters. The van der Waals surface area contributed by atoms with E-state index in [4.69, 9.17) is 19.3 Å². The number of hydrogen-bond donors (Lipinski definition) is 1. The van der Waals surface area contributed by atoms with Crippen LogP contribution >= 0.6 is 0 Å². The van der Waals surface area contributed by atoms with Gasteiger partial charge in [-0.3, -0.25) is 9.59 Å². The number of ether oxygens (including phenoxy) is 3. The number of nitrogens with zero attached hydrogens (tertiary/aromatic N) is 1. The summed E-state index contributed by atoms with van der Waals surface area (Å²) in [5.41, 5.74) is 0.538. The molecule has 2 aliphatic heterocycles. The SMILES string of the molecule is O=C(O)CCN(C(=O)c1ccc(OC[C@H]2CCCO2)cc1)C1CCOCC1. The molecule has 1 amide bonds. The van der Waals surface area contributed by atoms with E-state index in [9.17, 15) is 9.59 Å². The summed E-state index contributed by atoms with van der Waals surface area (Å²) in [6.45, 7) is 2.70. The number of carboxylic acids is 1. The van der Waals surface area contributed by atoms with Gasteiger partial charge in [0.15, 0.2) is 0 Å². The molecule has 0 spiro atoms. The van der Waals surface area contributed by atoms with E-state index in [0.29, 0.717) is 31.1 Å². The Kier molecular flexibility index (Phi) is 7.06. The Morgan fingerprint density at radius 1 is 1.11 bits per heavy atom. The summed E-state index contributed by atoms with van der Waals surface area (Å²) in [7, 11) is 0. The van der Waals surface area contributed by atoms with Gasteiger partial charge in [0.25, 0.3) is 5.91 Å². The van der Waals surface area contributed by atoms with Crippen LogP contribution in [0.4, 0.5) is 0 Å². The van der Waals surface area contributed by atoms with Crippen LogP contribution in [0, 0.1) is 0 Å². The summed E-state index contributed by atoms with van der Waals surface area (Å²) in [6, 6.07) is 7.05. The summed E-state index contributed by atoms with van der Waals surface area (Å²) in [6.07, 6.45) is 3.62. The van der Waals surface area contributed by atoms with Crippen molar-refractivity contribution in [3.8, 4) is 5.75 Å². The number of benzene rings is 1. The highest BCUT2D eigenvalue weighted by Gasteiger charge is 2.27. The number of rotatable bonds is 8. The van der Waals surface area contributed by atoms with Gasteiger partial charge in [-0.15, -0.1) is 0 Å². The maximum atomic E-state index is 13.0. The first-order valence-corrected chi connectivity index (χ1v) is 9.58. The zero-order valence-corrected chi connectivity index (χ0v) is 15.5. The van der Waals surface area contributed by atoms with Crippen molar-refractivity contribution in [1.29, 1.82) is 0 Å². The fourth-order valence-corrected chi connectivity index (χ4v) is 3.49. The average Bonchev–Trinajstić information content (AvgIpc) is 3.21. The van der Waals surface area contributed by atoms with Gasteiger partial charge >= 0.3 is 5.97 Å². The monoisotopic (exact) mass is 377 g/mol. The smallest absolute Gasteiger partial charge is 0.305 e. The molecule has 148 valence electrons. The molecule has 0 unspecified atom stereocenters. The third-order valence-electron chi connectivity index (χ3n) is 5.02. The van der Waals surface area contributed by atoms with E-state index in [1.54, 1.807) is 29.2 Å². The summed E-state index contributed by atoms with van der Waals surface area (Å²) in [4.78, 5) is 25.6. The van der Waals surface area contributed by atoms with Crippen molar-refractivity contribution in [2.45, 2.75) is 44.2 Å². The molecule has 1 N–H and O–H groups in total. The standard InChI is InChI=1S/C20H27NO6/c22-19(23)7-10-21(16-8-12-25-13-9-16)20(24)15-3-5-17(6-4-15)27-14-18-2-1-11-26-18/h3-6,16,18H,1-2,7-14H2,(H,22,23)/t18-/m1/s1. The van der Waals surface area contributed by atoms with E-state index in [1.807, 2.05) is 0 Å². The Morgan fingerprint density at radius 3 is 2.48 bits per heavy atom. The Morgan fingerprint density at radius 2 is 1.85 bits per heavy atom. The van der Waals surface area contributed by atoms with Crippen LogP contribution in [-0.2, 0) is 14.3 Å². The lowest BCUT2D eigenvalue weighted by Gasteiger charge is -2.34. The number of amides is 1. The molecule has 7 nitrogen and oxygen atoms in total. The van der Waals surface area contributed by atoms with Crippen molar-refractivity contribution < 1.29 is 28.9 Å². The molecule has 7 heteroatoms. The minimum Gasteiger partial charge on any atom is -0.491 e. The first-order valence-electron chi connectivity index (χ1n) is 9.58. The molecule has 0 aromatic heterocycles. The normalized spacial score (nSPS) is 20.4. The molecule has 2 heterocycles. The number of hydrogen-bond acceptors (Lipinski definition) is 5. The van der Waals surface area contributed by atoms with E-state index >= 15 is 0 Å². The summed E-state index contributed by atoms with van der Waals surface area (Å²) in [5.74, 6) is -0.350. The number of carboxylic acid groups (broad SMARTS) is 1. The molecule has 1 aromatic carbocycles. The lowest BCUT2D eigenvalue weighted by molar-refractivity contribution is -0.137. The van der Waals surface area contributed by atoms with Crippen LogP contribution in [0.5, 0.6) is 5.75 Å². The highest BCUT2D eigenvalue weighted by atomic mass is 16.5. The number of carbonyl (C=O) groups excluding carboxylic acids is 1. The first-order chi connectivity index (χ1) is 13.1. The molecule has 1 aromatic rings. The van der Waals surface area contributed by atoms with E-state index in [0.717, 1.165) is 32.3 Å². The second-order valence-electron chi connectivity index (χ2n) is 6.96. The zero-order chi connectivity index (χ0) is 19.1. The van der Waals surface area contributed by atoms with Crippen LogP contribution in [0.15, 0.2) is 24.3 Å². The number of aliphatic carboxylic acids is 1. The zero-order valence-electron chi connectivity index (χ0n) is 15.5. The van der Waals surface area contributed by atoms with Gasteiger partial charge < -0.3 is 24.2 Å². The Hall–Kier alpha value is -2.12. The van der Waals surface area contributed by atoms with Gasteiger partial charge in [-0.05, 0) is 49.9 Å². The van der Waals surface area contributed by atoms with Crippen LogP contribution in [0.25, 0.3) is 0 Å². The molecule has 2 saturated heterocycles. The Balaban J connectivity index is 1.62. The van der Waals surface area contributed by atoms with Crippen LogP contribution in [0.1, 0.15) is 42.5 Å². The maximum absolute atomic E-state index is 13.0. The summed E-state index contributed by atoms with van der Waals surface area (Å²) >= 11 is 0. The minimum absolute atomic E-state index is 0.0149. The van der Waals surface area contributed by atoms with Crippen LogP contribution in [-0.4, -0.2) is 67.0 Å². The summed E-state index contributed by atoms with van der Waals surface area (Å²) in [5, 5.41) is 9.01. The average molecular weight is 377 g/mol. The van der Waals surface area contributed by atoms with Crippen molar-refractivity contribution in [2.75, 3.05) is 33.0 Å². The van der Waals surface area contributed by atoms with Gasteiger partial charge in [0, 0.05) is 38.0 Å². The molecule has 27 heavy (non-hydrogen) atoms. The number of carbonyl (C=O) groups is 2. The Bertz CT molecular complexity index is 620. The molecule has 3 rings (SSSR count). The van der Waals surface area contributed by atoms with Crippen molar-refractivity contribution in [3.05, 3.63) is 29.8 Å². The Labute approximate surface area is 159 Å². The lowest BCUT2D eigenvalue weighted by Crippen LogP contribution is -2.44. The predicted molar refractivity (Wildman–Crippen MR) is 98.0 cm³/mol. The maximum Gasteiger partial charge on any atom is 0.305 e. The van der Waals surface area contributed by atoms with Crippen LogP contribution in [0.2, 0.25) is 0 Å². The van der Waals surface area contributed by atoms with Gasteiger partial charge in [-0.1, -0.05) is 0 Å². The van der Waals surface area contributed by atoms with E-state index in [1.165, 1.54) is 0 Å². The van der Waals surface area contributed by atoms with Crippen molar-refractivity contribution in [2.24, 2.45) is 0 Å². The van der Waals surface area contributed by atoms with Gasteiger partial charge in [0.1, 0.15) is 12.4 Å². The highest BCUT2D eigenvalue weighted by Crippen LogP contribution is 2.21. The lowest BCUT2D eigenvalue weighted by atomic mass is 10.0. The van der Waals surface area contributed by atoms with Crippen LogP contribution < -0.4 is 4.74 Å². The predicted octanol–water partition coefficient (Wildman–Crippen LogP) is 2.34. The van der Waals surface area contributed by atoms with E-state index in [-0.39, 0.29) is 31.0 Å². The van der Waals surface area contributed by atoms with Gasteiger partial charge in [-0.25, -0.2) is 0 Å². The minimum atomic E-state index is -0.905. The highest BCUT2D eigenvalue weighted by molar-refractivity contribution is 5.94. The molecule has 2 fully saturated rings. The van der Waals surface area contributed by atoms with Gasteiger partial charge in [-0.2, -0.15) is 0 Å². The van der Waals surface area contributed by atoms with Crippen molar-refractivity contribution >= 4 is 11.9 Å². The largest absolute Gasteiger partial charge is 0.491 e. The quantitative estimate of drug-likeness (QED) is 0.748. The molecule has 0 aliphatic carbocycles. The molecule has 0 radical (unpaired) electrons. The van der Waals surface area contributed by atoms with Crippen molar-refractivity contribution in [3.63, 3.8) is 0 Å². The van der Waals surface area contributed by atoms with Gasteiger partial charge in [0.05, 0.1) is 12.5 Å². The third kappa shape index (κ3) is 5.68. The van der Waals surface area contributed by atoms with E-state index < -0.39 is 5.97 Å². The fourth-order valence-electron chi connectivity index (χ4n) is 3.49. The molecule has 0 saturated carbocycles. The fraction of sp³-hybridized carbons (Fsp3) is 0.600. The van der Waals surface area contributed by atoms with Crippen LogP contribution in [0.3, 0.4) is 0 Å². The van der Waals surface area contributed by atoms with Gasteiger partial charge in [0.2, 0.25) is 0 Å². The topological polar surface area (TPSA) is 85.3 Å². The second kappa shape index (κ2) is 9.71.